The fourth-order valence-electron chi connectivity index (χ4n) is 2.31. The van der Waals surface area contributed by atoms with Gasteiger partial charge in [0.2, 0.25) is 0 Å². The highest BCUT2D eigenvalue weighted by atomic mass is 35.5. The minimum atomic E-state index is -0.230. The molecule has 4 nitrogen and oxygen atoms in total. The summed E-state index contributed by atoms with van der Waals surface area (Å²) in [5.74, 6) is 0. The monoisotopic (exact) mass is 299 g/mol. The first kappa shape index (κ1) is 13.6. The number of halogens is 1. The van der Waals surface area contributed by atoms with E-state index in [1.54, 1.807) is 6.07 Å². The molecule has 106 valence electrons. The summed E-state index contributed by atoms with van der Waals surface area (Å²) in [6.07, 6.45) is 0. The van der Waals surface area contributed by atoms with E-state index >= 15 is 0 Å². The van der Waals surface area contributed by atoms with Gasteiger partial charge < -0.3 is 4.90 Å². The molecule has 0 unspecified atom stereocenters. The number of aromatic amines is 1. The van der Waals surface area contributed by atoms with Crippen molar-refractivity contribution in [2.45, 2.75) is 6.54 Å². The van der Waals surface area contributed by atoms with Crippen LogP contribution in [0.25, 0.3) is 10.8 Å². The summed E-state index contributed by atoms with van der Waals surface area (Å²) in [6, 6.07) is 15.8. The van der Waals surface area contributed by atoms with Crippen molar-refractivity contribution in [2.24, 2.45) is 0 Å². The van der Waals surface area contributed by atoms with Crippen molar-refractivity contribution in [3.05, 3.63) is 69.6 Å². The highest BCUT2D eigenvalue weighted by Crippen LogP contribution is 2.24. The molecule has 0 spiro atoms. The van der Waals surface area contributed by atoms with Gasteiger partial charge in [0, 0.05) is 24.7 Å². The van der Waals surface area contributed by atoms with Crippen LogP contribution in [0.2, 0.25) is 5.15 Å². The van der Waals surface area contributed by atoms with E-state index in [-0.39, 0.29) is 5.56 Å². The molecule has 1 N–H and O–H groups in total. The first-order chi connectivity index (χ1) is 10.1. The molecule has 5 heteroatoms. The molecular formula is C16H14ClN3O. The normalized spacial score (nSPS) is 10.8. The van der Waals surface area contributed by atoms with E-state index in [1.165, 1.54) is 5.56 Å². The lowest BCUT2D eigenvalue weighted by Gasteiger charge is -2.20. The molecule has 1 aromatic heterocycles. The Morgan fingerprint density at radius 3 is 2.67 bits per heavy atom. The average Bonchev–Trinajstić information content (AvgIpc) is 2.52. The summed E-state index contributed by atoms with van der Waals surface area (Å²) < 4.78 is 0. The van der Waals surface area contributed by atoms with Crippen LogP contribution in [-0.2, 0) is 6.54 Å². The molecule has 3 aromatic rings. The van der Waals surface area contributed by atoms with Crippen LogP contribution >= 0.6 is 11.6 Å². The SMILES string of the molecule is CN(Cc1ccccc1)c1ccc2c(=O)[nH]nc(Cl)c2c1. The third-order valence-corrected chi connectivity index (χ3v) is 3.72. The molecule has 21 heavy (non-hydrogen) atoms. The van der Waals surface area contributed by atoms with Gasteiger partial charge in [-0.25, -0.2) is 5.10 Å². The molecule has 2 aromatic carbocycles. The molecule has 0 bridgehead atoms. The highest BCUT2D eigenvalue weighted by Gasteiger charge is 2.08. The number of rotatable bonds is 3. The highest BCUT2D eigenvalue weighted by molar-refractivity contribution is 6.34. The van der Waals surface area contributed by atoms with Crippen molar-refractivity contribution in [1.29, 1.82) is 0 Å². The zero-order valence-electron chi connectivity index (χ0n) is 11.5. The second-order valence-corrected chi connectivity index (χ2v) is 5.27. The van der Waals surface area contributed by atoms with Crippen LogP contribution in [0.15, 0.2) is 53.3 Å². The minimum Gasteiger partial charge on any atom is -0.370 e. The van der Waals surface area contributed by atoms with Crippen molar-refractivity contribution in [3.63, 3.8) is 0 Å². The van der Waals surface area contributed by atoms with Gasteiger partial charge in [0.25, 0.3) is 5.56 Å². The van der Waals surface area contributed by atoms with Crippen molar-refractivity contribution >= 4 is 28.1 Å². The molecule has 3 rings (SSSR count). The van der Waals surface area contributed by atoms with Crippen LogP contribution in [0.3, 0.4) is 0 Å². The van der Waals surface area contributed by atoms with E-state index in [1.807, 2.05) is 37.4 Å². The fourth-order valence-corrected chi connectivity index (χ4v) is 2.51. The summed E-state index contributed by atoms with van der Waals surface area (Å²) >= 11 is 6.07. The maximum Gasteiger partial charge on any atom is 0.272 e. The lowest BCUT2D eigenvalue weighted by Crippen LogP contribution is -2.16. The molecule has 0 atom stereocenters. The van der Waals surface area contributed by atoms with Gasteiger partial charge in [-0.2, -0.15) is 5.10 Å². The van der Waals surface area contributed by atoms with E-state index in [4.69, 9.17) is 11.6 Å². The van der Waals surface area contributed by atoms with Gasteiger partial charge in [-0.05, 0) is 23.8 Å². The largest absolute Gasteiger partial charge is 0.370 e. The third-order valence-electron chi connectivity index (χ3n) is 3.43. The van der Waals surface area contributed by atoms with Crippen LogP contribution in [0.4, 0.5) is 5.69 Å². The van der Waals surface area contributed by atoms with Crippen molar-refractivity contribution in [1.82, 2.24) is 10.2 Å². The number of hydrogen-bond donors (Lipinski definition) is 1. The zero-order chi connectivity index (χ0) is 14.8. The Bertz CT molecular complexity index is 830. The third kappa shape index (κ3) is 2.76. The van der Waals surface area contributed by atoms with Gasteiger partial charge in [-0.3, -0.25) is 4.79 Å². The van der Waals surface area contributed by atoms with E-state index in [0.29, 0.717) is 15.9 Å². The standard InChI is InChI=1S/C16H14ClN3O/c1-20(10-11-5-3-2-4-6-11)12-7-8-13-14(9-12)15(17)18-19-16(13)21/h2-9H,10H2,1H3,(H,19,21). The Kier molecular flexibility index (Phi) is 3.62. The van der Waals surface area contributed by atoms with Gasteiger partial charge in [0.05, 0.1) is 5.39 Å². The zero-order valence-corrected chi connectivity index (χ0v) is 12.3. The topological polar surface area (TPSA) is 49.0 Å². The lowest BCUT2D eigenvalue weighted by molar-refractivity contribution is 0.923. The number of anilines is 1. The molecule has 0 amide bonds. The molecule has 0 aliphatic carbocycles. The van der Waals surface area contributed by atoms with Crippen LogP contribution in [0, 0.1) is 0 Å². The van der Waals surface area contributed by atoms with Gasteiger partial charge in [0.1, 0.15) is 0 Å². The molecule has 0 saturated heterocycles. The van der Waals surface area contributed by atoms with E-state index in [9.17, 15) is 4.79 Å². The van der Waals surface area contributed by atoms with E-state index in [2.05, 4.69) is 27.2 Å². The summed E-state index contributed by atoms with van der Waals surface area (Å²) in [4.78, 5) is 13.8. The predicted octanol–water partition coefficient (Wildman–Crippen LogP) is 3.21. The number of aromatic nitrogens is 2. The number of nitrogens with one attached hydrogen (secondary N) is 1. The minimum absolute atomic E-state index is 0.230. The Labute approximate surface area is 127 Å². The summed E-state index contributed by atoms with van der Waals surface area (Å²) in [6.45, 7) is 0.778. The Hall–Kier alpha value is -2.33. The smallest absolute Gasteiger partial charge is 0.272 e. The van der Waals surface area contributed by atoms with Crippen LogP contribution in [0.5, 0.6) is 0 Å². The Morgan fingerprint density at radius 1 is 1.14 bits per heavy atom. The second kappa shape index (κ2) is 5.58. The number of benzene rings is 2. The Morgan fingerprint density at radius 2 is 1.90 bits per heavy atom. The molecule has 0 aliphatic rings. The van der Waals surface area contributed by atoms with E-state index in [0.717, 1.165) is 12.2 Å². The average molecular weight is 300 g/mol. The molecule has 0 radical (unpaired) electrons. The molecular weight excluding hydrogens is 286 g/mol. The summed E-state index contributed by atoms with van der Waals surface area (Å²) in [5.41, 5.74) is 1.97. The van der Waals surface area contributed by atoms with Crippen LogP contribution in [0.1, 0.15) is 5.56 Å². The quantitative estimate of drug-likeness (QED) is 0.808. The molecule has 1 heterocycles. The van der Waals surface area contributed by atoms with Gasteiger partial charge in [-0.15, -0.1) is 0 Å². The van der Waals surface area contributed by atoms with Crippen LogP contribution in [-0.4, -0.2) is 17.2 Å². The van der Waals surface area contributed by atoms with E-state index < -0.39 is 0 Å². The first-order valence-corrected chi connectivity index (χ1v) is 6.96. The lowest BCUT2D eigenvalue weighted by atomic mass is 10.1. The fraction of sp³-hybridized carbons (Fsp3) is 0.125. The summed E-state index contributed by atoms with van der Waals surface area (Å²) in [7, 11) is 2.00. The molecule has 0 saturated carbocycles. The van der Waals surface area contributed by atoms with Crippen molar-refractivity contribution in [3.8, 4) is 0 Å². The van der Waals surface area contributed by atoms with Crippen LogP contribution < -0.4 is 10.5 Å². The Balaban J connectivity index is 1.97. The maximum absolute atomic E-state index is 11.7. The predicted molar refractivity (Wildman–Crippen MR) is 85.9 cm³/mol. The molecule has 0 fully saturated rings. The number of hydrogen-bond acceptors (Lipinski definition) is 3. The molecule has 0 aliphatic heterocycles. The van der Waals surface area contributed by atoms with Gasteiger partial charge >= 0.3 is 0 Å². The van der Waals surface area contributed by atoms with Gasteiger partial charge in [-0.1, -0.05) is 41.9 Å². The number of nitrogens with zero attached hydrogens (tertiary/aromatic N) is 2. The summed E-state index contributed by atoms with van der Waals surface area (Å²) in [5, 5.41) is 7.70. The van der Waals surface area contributed by atoms with Gasteiger partial charge in [0.15, 0.2) is 5.15 Å². The van der Waals surface area contributed by atoms with Crippen molar-refractivity contribution in [2.75, 3.05) is 11.9 Å². The second-order valence-electron chi connectivity index (χ2n) is 4.92. The maximum atomic E-state index is 11.7. The van der Waals surface area contributed by atoms with Crippen molar-refractivity contribution < 1.29 is 0 Å². The number of H-pyrrole nitrogens is 1. The first-order valence-electron chi connectivity index (χ1n) is 6.58. The number of fused-ring (bicyclic) bond motifs is 1.